The Morgan fingerprint density at radius 2 is 2.19 bits per heavy atom. The highest BCUT2D eigenvalue weighted by atomic mass is 16.5. The zero-order chi connectivity index (χ0) is 14.5. The fourth-order valence-corrected chi connectivity index (χ4v) is 2.81. The number of hydrogen-bond acceptors (Lipinski definition) is 5. The van der Waals surface area contributed by atoms with E-state index in [9.17, 15) is 0 Å². The number of methoxy groups -OCH3 is 1. The normalized spacial score (nSPS) is 19.0. The zero-order valence-corrected chi connectivity index (χ0v) is 12.3. The van der Waals surface area contributed by atoms with Gasteiger partial charge in [-0.2, -0.15) is 0 Å². The summed E-state index contributed by atoms with van der Waals surface area (Å²) in [6, 6.07) is 8.18. The van der Waals surface area contributed by atoms with Crippen molar-refractivity contribution in [3.63, 3.8) is 0 Å². The van der Waals surface area contributed by atoms with Crippen molar-refractivity contribution in [3.05, 3.63) is 42.4 Å². The lowest BCUT2D eigenvalue weighted by atomic mass is 10.1. The number of aromatic nitrogens is 3. The quantitative estimate of drug-likeness (QED) is 0.843. The van der Waals surface area contributed by atoms with Crippen molar-refractivity contribution in [1.29, 1.82) is 0 Å². The lowest BCUT2D eigenvalue weighted by Gasteiger charge is -2.23. The summed E-state index contributed by atoms with van der Waals surface area (Å²) < 4.78 is 5.20. The van der Waals surface area contributed by atoms with E-state index < -0.39 is 0 Å². The van der Waals surface area contributed by atoms with Crippen LogP contribution in [0.3, 0.4) is 0 Å². The smallest absolute Gasteiger partial charge is 0.178 e. The highest BCUT2D eigenvalue weighted by Gasteiger charge is 2.27. The molecule has 0 bridgehead atoms. The maximum absolute atomic E-state index is 5.20. The summed E-state index contributed by atoms with van der Waals surface area (Å²) in [6.45, 7) is 2.82. The summed E-state index contributed by atoms with van der Waals surface area (Å²) in [6.07, 6.45) is 5.95. The topological polar surface area (TPSA) is 51.1 Å². The van der Waals surface area contributed by atoms with E-state index in [1.54, 1.807) is 13.3 Å². The summed E-state index contributed by atoms with van der Waals surface area (Å²) in [7, 11) is 1.74. The molecule has 1 atom stereocenters. The highest BCUT2D eigenvalue weighted by Crippen LogP contribution is 2.30. The molecule has 0 aromatic carbocycles. The molecule has 1 unspecified atom stereocenters. The monoisotopic (exact) mass is 284 g/mol. The molecule has 5 heteroatoms. The summed E-state index contributed by atoms with van der Waals surface area (Å²) in [5.74, 6) is 0.701. The third-order valence-corrected chi connectivity index (χ3v) is 3.86. The van der Waals surface area contributed by atoms with E-state index in [4.69, 9.17) is 9.72 Å². The van der Waals surface area contributed by atoms with Crippen molar-refractivity contribution in [2.75, 3.05) is 26.8 Å². The van der Waals surface area contributed by atoms with Gasteiger partial charge in [0.2, 0.25) is 0 Å². The van der Waals surface area contributed by atoms with Gasteiger partial charge in [-0.1, -0.05) is 6.07 Å². The van der Waals surface area contributed by atoms with Crippen LogP contribution in [0.1, 0.15) is 24.6 Å². The molecule has 0 spiro atoms. The Hall–Kier alpha value is -1.85. The Bertz CT molecular complexity index is 575. The first-order valence-corrected chi connectivity index (χ1v) is 7.36. The van der Waals surface area contributed by atoms with Gasteiger partial charge in [0.05, 0.1) is 18.3 Å². The van der Waals surface area contributed by atoms with Crippen LogP contribution < -0.4 is 0 Å². The van der Waals surface area contributed by atoms with Crippen LogP contribution in [0, 0.1) is 0 Å². The van der Waals surface area contributed by atoms with E-state index in [-0.39, 0.29) is 0 Å². The minimum atomic E-state index is 0.366. The van der Waals surface area contributed by atoms with Crippen LogP contribution in [-0.2, 0) is 4.74 Å². The summed E-state index contributed by atoms with van der Waals surface area (Å²) in [5.41, 5.74) is 1.90. The molecule has 1 aliphatic rings. The summed E-state index contributed by atoms with van der Waals surface area (Å²) >= 11 is 0. The largest absolute Gasteiger partial charge is 0.383 e. The van der Waals surface area contributed by atoms with E-state index in [0.29, 0.717) is 11.9 Å². The van der Waals surface area contributed by atoms with Gasteiger partial charge >= 0.3 is 0 Å². The zero-order valence-electron chi connectivity index (χ0n) is 12.3. The molecule has 1 aliphatic heterocycles. The molecule has 21 heavy (non-hydrogen) atoms. The van der Waals surface area contributed by atoms with Gasteiger partial charge in [0, 0.05) is 26.0 Å². The molecule has 0 saturated carbocycles. The number of rotatable bonds is 5. The fourth-order valence-electron chi connectivity index (χ4n) is 2.81. The fraction of sp³-hybridized carbons (Fsp3) is 0.438. The van der Waals surface area contributed by atoms with Gasteiger partial charge in [-0.05, 0) is 37.6 Å². The maximum atomic E-state index is 5.20. The molecule has 0 aliphatic carbocycles. The molecule has 1 saturated heterocycles. The third-order valence-electron chi connectivity index (χ3n) is 3.86. The average molecular weight is 284 g/mol. The van der Waals surface area contributed by atoms with Gasteiger partial charge < -0.3 is 4.74 Å². The van der Waals surface area contributed by atoms with Crippen LogP contribution in [0.25, 0.3) is 11.5 Å². The molecule has 1 fully saturated rings. The molecule has 0 radical (unpaired) electrons. The Labute approximate surface area is 125 Å². The van der Waals surface area contributed by atoms with E-state index in [1.807, 2.05) is 30.5 Å². The van der Waals surface area contributed by atoms with Crippen molar-refractivity contribution in [2.45, 2.75) is 18.9 Å². The molecular formula is C16H20N4O. The van der Waals surface area contributed by atoms with Crippen LogP contribution in [0.5, 0.6) is 0 Å². The van der Waals surface area contributed by atoms with Crippen LogP contribution >= 0.6 is 0 Å². The first kappa shape index (κ1) is 14.1. The predicted octanol–water partition coefficient (Wildman–Crippen LogP) is 2.32. The van der Waals surface area contributed by atoms with Gasteiger partial charge in [-0.25, -0.2) is 9.97 Å². The van der Waals surface area contributed by atoms with Gasteiger partial charge in [0.1, 0.15) is 5.69 Å². The lowest BCUT2D eigenvalue weighted by molar-refractivity contribution is 0.140. The highest BCUT2D eigenvalue weighted by molar-refractivity contribution is 5.48. The molecule has 2 aromatic heterocycles. The third kappa shape index (κ3) is 3.25. The van der Waals surface area contributed by atoms with Crippen LogP contribution in [0.2, 0.25) is 0 Å². The number of nitrogens with zero attached hydrogens (tertiary/aromatic N) is 4. The Morgan fingerprint density at radius 1 is 1.24 bits per heavy atom. The maximum Gasteiger partial charge on any atom is 0.178 e. The van der Waals surface area contributed by atoms with Gasteiger partial charge in [0.25, 0.3) is 0 Å². The summed E-state index contributed by atoms with van der Waals surface area (Å²) in [5, 5.41) is 0. The number of pyridine rings is 1. The Balaban J connectivity index is 1.82. The van der Waals surface area contributed by atoms with E-state index >= 15 is 0 Å². The average Bonchev–Trinajstić information content (AvgIpc) is 3.02. The van der Waals surface area contributed by atoms with Crippen molar-refractivity contribution in [3.8, 4) is 11.5 Å². The molecular weight excluding hydrogens is 264 g/mol. The lowest BCUT2D eigenvalue weighted by Crippen LogP contribution is -2.27. The standard InChI is InChI=1S/C16H20N4O/c1-21-12-11-20-10-4-6-15(20)13-7-9-18-16(19-13)14-5-2-3-8-17-14/h2-3,5,7-9,15H,4,6,10-12H2,1H3. The van der Waals surface area contributed by atoms with Gasteiger partial charge in [-0.15, -0.1) is 0 Å². The molecule has 0 amide bonds. The van der Waals surface area contributed by atoms with E-state index in [2.05, 4.69) is 14.9 Å². The van der Waals surface area contributed by atoms with Crippen LogP contribution in [0.15, 0.2) is 36.7 Å². The second-order valence-corrected chi connectivity index (χ2v) is 5.21. The van der Waals surface area contributed by atoms with Crippen molar-refractivity contribution < 1.29 is 4.74 Å². The van der Waals surface area contributed by atoms with E-state index in [0.717, 1.165) is 37.5 Å². The number of ether oxygens (including phenoxy) is 1. The molecule has 3 rings (SSSR count). The van der Waals surface area contributed by atoms with Crippen LogP contribution in [-0.4, -0.2) is 46.7 Å². The molecule has 5 nitrogen and oxygen atoms in total. The summed E-state index contributed by atoms with van der Waals surface area (Å²) in [4.78, 5) is 15.8. The first-order chi connectivity index (χ1) is 10.4. The van der Waals surface area contributed by atoms with Crippen molar-refractivity contribution in [1.82, 2.24) is 19.9 Å². The van der Waals surface area contributed by atoms with Gasteiger partial charge in [-0.3, -0.25) is 9.88 Å². The first-order valence-electron chi connectivity index (χ1n) is 7.36. The van der Waals surface area contributed by atoms with E-state index in [1.165, 1.54) is 6.42 Å². The number of hydrogen-bond donors (Lipinski definition) is 0. The minimum absolute atomic E-state index is 0.366. The molecule has 0 N–H and O–H groups in total. The second kappa shape index (κ2) is 6.74. The van der Waals surface area contributed by atoms with Crippen molar-refractivity contribution in [2.24, 2.45) is 0 Å². The predicted molar refractivity (Wildman–Crippen MR) is 80.7 cm³/mol. The molecule has 2 aromatic rings. The Kier molecular flexibility index (Phi) is 4.52. The molecule has 3 heterocycles. The van der Waals surface area contributed by atoms with Crippen molar-refractivity contribution >= 4 is 0 Å². The number of likely N-dealkylation sites (tertiary alicyclic amines) is 1. The molecule has 110 valence electrons. The Morgan fingerprint density at radius 3 is 3.00 bits per heavy atom. The van der Waals surface area contributed by atoms with Gasteiger partial charge in [0.15, 0.2) is 5.82 Å². The minimum Gasteiger partial charge on any atom is -0.383 e. The second-order valence-electron chi connectivity index (χ2n) is 5.21. The van der Waals surface area contributed by atoms with Crippen LogP contribution in [0.4, 0.5) is 0 Å². The SMILES string of the molecule is COCCN1CCCC1c1ccnc(-c2ccccn2)n1.